The molecule has 5 heteroatoms. The van der Waals surface area contributed by atoms with E-state index in [-0.39, 0.29) is 11.2 Å². The number of thioether (sulfide) groups is 1. The van der Waals surface area contributed by atoms with E-state index >= 15 is 0 Å². The largest absolute Gasteiger partial charge is 0.325 e. The van der Waals surface area contributed by atoms with Gasteiger partial charge in [-0.05, 0) is 72.5 Å². The van der Waals surface area contributed by atoms with Gasteiger partial charge in [0.25, 0.3) is 0 Å². The first kappa shape index (κ1) is 19.5. The van der Waals surface area contributed by atoms with Crippen LogP contribution in [0.1, 0.15) is 24.5 Å². The van der Waals surface area contributed by atoms with Gasteiger partial charge in [0.15, 0.2) is 0 Å². The van der Waals surface area contributed by atoms with E-state index in [2.05, 4.69) is 10.3 Å². The number of carbonyl (C=O) groups is 1. The minimum atomic E-state index is -0.150. The Kier molecular flexibility index (Phi) is 6.91. The van der Waals surface area contributed by atoms with Crippen molar-refractivity contribution in [3.8, 4) is 0 Å². The highest BCUT2D eigenvalue weighted by molar-refractivity contribution is 8.00. The van der Waals surface area contributed by atoms with Gasteiger partial charge >= 0.3 is 0 Å². The summed E-state index contributed by atoms with van der Waals surface area (Å²) in [7, 11) is 0. The summed E-state index contributed by atoms with van der Waals surface area (Å²) >= 11 is 7.48. The van der Waals surface area contributed by atoms with Crippen molar-refractivity contribution < 1.29 is 4.79 Å². The second-order valence-electron chi connectivity index (χ2n) is 6.19. The fourth-order valence-electron chi connectivity index (χ4n) is 2.66. The number of anilines is 1. The molecule has 0 bridgehead atoms. The third kappa shape index (κ3) is 5.84. The molecule has 1 amide bonds. The fourth-order valence-corrected chi connectivity index (χ4v) is 3.75. The quantitative estimate of drug-likeness (QED) is 0.510. The number of carbonyl (C=O) groups excluding carboxylic acids is 1. The van der Waals surface area contributed by atoms with Crippen LogP contribution in [0, 0.1) is 0 Å². The Bertz CT molecular complexity index is 867. The van der Waals surface area contributed by atoms with Crippen molar-refractivity contribution >= 4 is 35.0 Å². The molecule has 0 spiro atoms. The number of hydrogen-bond acceptors (Lipinski definition) is 3. The van der Waals surface area contributed by atoms with E-state index in [1.807, 2.05) is 67.6 Å². The molecule has 0 radical (unpaired) electrons. The average molecular weight is 397 g/mol. The van der Waals surface area contributed by atoms with E-state index in [0.717, 1.165) is 23.4 Å². The molecule has 27 heavy (non-hydrogen) atoms. The lowest BCUT2D eigenvalue weighted by atomic mass is 10.1. The second kappa shape index (κ2) is 9.58. The van der Waals surface area contributed by atoms with Crippen LogP contribution in [0.25, 0.3) is 0 Å². The first-order valence-corrected chi connectivity index (χ1v) is 10.1. The minimum absolute atomic E-state index is 0.0133. The first-order valence-electron chi connectivity index (χ1n) is 8.85. The van der Waals surface area contributed by atoms with Gasteiger partial charge in [0.05, 0.1) is 5.25 Å². The Morgan fingerprint density at radius 2 is 1.63 bits per heavy atom. The molecule has 3 rings (SSSR count). The van der Waals surface area contributed by atoms with Gasteiger partial charge in [-0.3, -0.25) is 9.78 Å². The molecule has 1 heterocycles. The Morgan fingerprint density at radius 3 is 2.26 bits per heavy atom. The predicted molar refractivity (Wildman–Crippen MR) is 114 cm³/mol. The zero-order chi connectivity index (χ0) is 19.1. The van der Waals surface area contributed by atoms with E-state index in [1.54, 1.807) is 24.2 Å². The normalized spacial score (nSPS) is 11.8. The highest BCUT2D eigenvalue weighted by Gasteiger charge is 2.18. The Balaban J connectivity index is 1.59. The smallest absolute Gasteiger partial charge is 0.237 e. The maximum absolute atomic E-state index is 12.6. The van der Waals surface area contributed by atoms with Crippen molar-refractivity contribution in [2.45, 2.75) is 29.9 Å². The van der Waals surface area contributed by atoms with Crippen molar-refractivity contribution in [2.24, 2.45) is 0 Å². The summed E-state index contributed by atoms with van der Waals surface area (Å²) in [4.78, 5) is 17.7. The lowest BCUT2D eigenvalue weighted by Crippen LogP contribution is -2.24. The highest BCUT2D eigenvalue weighted by Crippen LogP contribution is 2.27. The van der Waals surface area contributed by atoms with E-state index in [4.69, 9.17) is 11.6 Å². The van der Waals surface area contributed by atoms with Crippen molar-refractivity contribution in [2.75, 3.05) is 5.32 Å². The molecular weight excluding hydrogens is 376 g/mol. The molecule has 3 aromatic rings. The van der Waals surface area contributed by atoms with Crippen molar-refractivity contribution in [1.82, 2.24) is 4.98 Å². The number of benzene rings is 2. The molecule has 0 aliphatic carbocycles. The summed E-state index contributed by atoms with van der Waals surface area (Å²) in [5, 5.41) is 3.57. The second-order valence-corrected chi connectivity index (χ2v) is 7.90. The molecular formula is C22H21ClN2OS. The monoisotopic (exact) mass is 396 g/mol. The van der Waals surface area contributed by atoms with Crippen molar-refractivity contribution in [1.29, 1.82) is 0 Å². The third-order valence-corrected chi connectivity index (χ3v) is 5.76. The van der Waals surface area contributed by atoms with Gasteiger partial charge in [0.2, 0.25) is 5.91 Å². The number of pyridine rings is 1. The van der Waals surface area contributed by atoms with Crippen LogP contribution in [-0.4, -0.2) is 16.1 Å². The minimum Gasteiger partial charge on any atom is -0.325 e. The molecule has 1 aromatic heterocycles. The number of hydrogen-bond donors (Lipinski definition) is 1. The molecule has 138 valence electrons. The van der Waals surface area contributed by atoms with Crippen molar-refractivity contribution in [3.05, 3.63) is 89.2 Å². The molecule has 1 atom stereocenters. The van der Waals surface area contributed by atoms with E-state index < -0.39 is 0 Å². The van der Waals surface area contributed by atoms with Gasteiger partial charge in [-0.15, -0.1) is 11.8 Å². The molecule has 0 fully saturated rings. The molecule has 0 aliphatic rings. The Morgan fingerprint density at radius 1 is 1.00 bits per heavy atom. The van der Waals surface area contributed by atoms with Crippen LogP contribution in [-0.2, 0) is 11.2 Å². The van der Waals surface area contributed by atoms with Gasteiger partial charge in [-0.2, -0.15) is 0 Å². The number of nitrogens with one attached hydrogen (secondary N) is 1. The fraction of sp³-hybridized carbons (Fsp3) is 0.182. The number of nitrogens with zero attached hydrogens (tertiary/aromatic N) is 1. The summed E-state index contributed by atoms with van der Waals surface area (Å²) in [6.07, 6.45) is 5.19. The molecule has 2 aromatic carbocycles. The van der Waals surface area contributed by atoms with Crippen LogP contribution in [0.5, 0.6) is 0 Å². The van der Waals surface area contributed by atoms with Crippen LogP contribution < -0.4 is 5.32 Å². The number of amides is 1. The van der Waals surface area contributed by atoms with E-state index in [0.29, 0.717) is 5.02 Å². The number of rotatable bonds is 7. The van der Waals surface area contributed by atoms with Gasteiger partial charge in [0, 0.05) is 28.0 Å². The zero-order valence-corrected chi connectivity index (χ0v) is 16.6. The van der Waals surface area contributed by atoms with Gasteiger partial charge in [-0.1, -0.05) is 30.7 Å². The van der Waals surface area contributed by atoms with Gasteiger partial charge in [0.1, 0.15) is 0 Å². The number of aromatic nitrogens is 1. The molecule has 0 saturated carbocycles. The first-order chi connectivity index (χ1) is 13.1. The summed E-state index contributed by atoms with van der Waals surface area (Å²) in [6.45, 7) is 2.02. The standard InChI is InChI=1S/C22H21ClN2OS/c1-2-21(27-20-9-5-18(23)6-10-20)22(26)25-19-7-3-16(4-8-19)15-17-11-13-24-14-12-17/h3-14,21H,2,15H2,1H3,(H,25,26)/t21-/m1/s1. The van der Waals surface area contributed by atoms with E-state index in [1.165, 1.54) is 11.1 Å². The predicted octanol–water partition coefficient (Wildman–Crippen LogP) is 5.84. The molecule has 0 saturated heterocycles. The summed E-state index contributed by atoms with van der Waals surface area (Å²) in [5.74, 6) is 0.0133. The number of halogens is 1. The molecule has 0 unspecified atom stereocenters. The Hall–Kier alpha value is -2.30. The van der Waals surface area contributed by atoms with Crippen LogP contribution in [0.4, 0.5) is 5.69 Å². The third-order valence-electron chi connectivity index (χ3n) is 4.13. The van der Waals surface area contributed by atoms with E-state index in [9.17, 15) is 4.79 Å². The zero-order valence-electron chi connectivity index (χ0n) is 15.1. The molecule has 0 aliphatic heterocycles. The molecule has 3 nitrogen and oxygen atoms in total. The van der Waals surface area contributed by atoms with Crippen LogP contribution >= 0.6 is 23.4 Å². The van der Waals surface area contributed by atoms with Crippen LogP contribution in [0.3, 0.4) is 0 Å². The lowest BCUT2D eigenvalue weighted by Gasteiger charge is -2.15. The average Bonchev–Trinajstić information content (AvgIpc) is 2.70. The highest BCUT2D eigenvalue weighted by atomic mass is 35.5. The summed E-state index contributed by atoms with van der Waals surface area (Å²) in [6, 6.07) is 19.6. The SMILES string of the molecule is CC[C@@H](Sc1ccc(Cl)cc1)C(=O)Nc1ccc(Cc2ccncc2)cc1. The summed E-state index contributed by atoms with van der Waals surface area (Å²) < 4.78 is 0. The van der Waals surface area contributed by atoms with Crippen LogP contribution in [0.2, 0.25) is 5.02 Å². The Labute approximate surface area is 169 Å². The maximum Gasteiger partial charge on any atom is 0.237 e. The van der Waals surface area contributed by atoms with Crippen molar-refractivity contribution in [3.63, 3.8) is 0 Å². The van der Waals surface area contributed by atoms with Gasteiger partial charge < -0.3 is 5.32 Å². The maximum atomic E-state index is 12.6. The molecule has 1 N–H and O–H groups in total. The summed E-state index contributed by atoms with van der Waals surface area (Å²) in [5.41, 5.74) is 3.22. The lowest BCUT2D eigenvalue weighted by molar-refractivity contribution is -0.115. The topological polar surface area (TPSA) is 42.0 Å². The van der Waals surface area contributed by atoms with Gasteiger partial charge in [-0.25, -0.2) is 0 Å². The van der Waals surface area contributed by atoms with Crippen LogP contribution in [0.15, 0.2) is 78.0 Å².